The second-order valence-electron chi connectivity index (χ2n) is 8.87. The van der Waals surface area contributed by atoms with Crippen molar-refractivity contribution < 1.29 is 33.0 Å². The van der Waals surface area contributed by atoms with Crippen molar-refractivity contribution in [3.8, 4) is 11.5 Å². The van der Waals surface area contributed by atoms with E-state index in [-0.39, 0.29) is 53.3 Å². The molecule has 0 aliphatic rings. The predicted molar refractivity (Wildman–Crippen MR) is 133 cm³/mol. The number of ketones is 1. The average Bonchev–Trinajstić information content (AvgIpc) is 2.83. The number of amides is 1. The molecule has 0 aliphatic carbocycles. The highest BCUT2D eigenvalue weighted by atomic mass is 19.1. The topological polar surface area (TPSA) is 104 Å². The molecule has 0 fully saturated rings. The minimum absolute atomic E-state index is 0.0411. The van der Waals surface area contributed by atoms with Gasteiger partial charge in [-0.05, 0) is 49.9 Å². The summed E-state index contributed by atoms with van der Waals surface area (Å²) >= 11 is 0. The molecule has 1 aromatic carbocycles. The summed E-state index contributed by atoms with van der Waals surface area (Å²) in [5, 5.41) is 2.58. The smallest absolute Gasteiger partial charge is 0.308 e. The Hall–Kier alpha value is -3.33. The number of hydrogen-bond acceptors (Lipinski definition) is 7. The lowest BCUT2D eigenvalue weighted by atomic mass is 9.80. The molecule has 1 unspecified atom stereocenters. The zero-order chi connectivity index (χ0) is 27.0. The molecule has 196 valence electrons. The molecule has 0 bridgehead atoms. The number of aryl methyl sites for hydroxylation is 1. The highest BCUT2D eigenvalue weighted by Gasteiger charge is 2.29. The van der Waals surface area contributed by atoms with Gasteiger partial charge in [0.05, 0.1) is 19.3 Å². The van der Waals surface area contributed by atoms with Gasteiger partial charge in [-0.3, -0.25) is 14.4 Å². The van der Waals surface area contributed by atoms with E-state index in [0.29, 0.717) is 0 Å². The number of hydrogen-bond donors (Lipinski definition) is 1. The third-order valence-electron chi connectivity index (χ3n) is 6.22. The van der Waals surface area contributed by atoms with Crippen LogP contribution in [0.2, 0.25) is 0 Å². The number of benzene rings is 1. The maximum absolute atomic E-state index is 13.6. The van der Waals surface area contributed by atoms with Gasteiger partial charge in [0.2, 0.25) is 5.75 Å². The van der Waals surface area contributed by atoms with Crippen molar-refractivity contribution in [1.29, 1.82) is 0 Å². The molecule has 4 atom stereocenters. The van der Waals surface area contributed by atoms with Crippen molar-refractivity contribution in [2.24, 2.45) is 5.92 Å². The fourth-order valence-corrected chi connectivity index (χ4v) is 4.07. The van der Waals surface area contributed by atoms with Gasteiger partial charge in [0.25, 0.3) is 5.91 Å². The molecule has 1 heterocycles. The number of Topliss-reactive ketones (excluding diaryl/α,β-unsaturated/α-hetero) is 1. The van der Waals surface area contributed by atoms with Crippen LogP contribution in [-0.2, 0) is 14.3 Å². The van der Waals surface area contributed by atoms with Crippen LogP contribution in [-0.4, -0.2) is 48.5 Å². The summed E-state index contributed by atoms with van der Waals surface area (Å²) in [6.07, 6.45) is 1.89. The Bertz CT molecular complexity index is 1090. The SMILES string of the molecule is CCC(C)[C@H](c1ccc(F)cc1C)[C@H](C)OCC(=O)[C@H](C)NC(=O)c1nccc(OC)c1OC(C)=O. The van der Waals surface area contributed by atoms with Crippen molar-refractivity contribution in [3.63, 3.8) is 0 Å². The van der Waals surface area contributed by atoms with E-state index in [0.717, 1.165) is 17.5 Å². The summed E-state index contributed by atoms with van der Waals surface area (Å²) in [7, 11) is 1.37. The molecule has 1 amide bonds. The van der Waals surface area contributed by atoms with E-state index in [1.165, 1.54) is 45.4 Å². The first-order chi connectivity index (χ1) is 17.0. The Labute approximate surface area is 211 Å². The molecule has 0 saturated carbocycles. The number of pyridine rings is 1. The number of ether oxygens (including phenoxy) is 3. The van der Waals surface area contributed by atoms with Crippen LogP contribution < -0.4 is 14.8 Å². The van der Waals surface area contributed by atoms with Crippen LogP contribution in [0.25, 0.3) is 0 Å². The van der Waals surface area contributed by atoms with Crippen LogP contribution in [0, 0.1) is 18.7 Å². The van der Waals surface area contributed by atoms with Crippen molar-refractivity contribution in [2.75, 3.05) is 13.7 Å². The van der Waals surface area contributed by atoms with Crippen LogP contribution in [0.3, 0.4) is 0 Å². The fourth-order valence-electron chi connectivity index (χ4n) is 4.07. The standard InChI is InChI=1S/C27H35FN2O6/c1-8-15(2)24(21-10-9-20(28)13-16(21)3)18(5)35-14-22(32)17(4)30-27(33)25-26(36-19(6)31)23(34-7)11-12-29-25/h9-13,15,17-18,24H,8,14H2,1-7H3,(H,30,33)/t15?,17-,18-,24-/m0/s1. The van der Waals surface area contributed by atoms with Crippen LogP contribution in [0.5, 0.6) is 11.5 Å². The number of esters is 1. The lowest BCUT2D eigenvalue weighted by Gasteiger charge is -2.31. The van der Waals surface area contributed by atoms with Crippen molar-refractivity contribution in [3.05, 3.63) is 53.1 Å². The van der Waals surface area contributed by atoms with Crippen LogP contribution in [0.15, 0.2) is 30.5 Å². The van der Waals surface area contributed by atoms with Crippen molar-refractivity contribution in [2.45, 2.75) is 66.0 Å². The van der Waals surface area contributed by atoms with E-state index in [4.69, 9.17) is 14.2 Å². The predicted octanol–water partition coefficient (Wildman–Crippen LogP) is 4.39. The van der Waals surface area contributed by atoms with Gasteiger partial charge < -0.3 is 19.5 Å². The van der Waals surface area contributed by atoms with E-state index in [1.807, 2.05) is 13.8 Å². The van der Waals surface area contributed by atoms with Gasteiger partial charge in [0.1, 0.15) is 12.4 Å². The first-order valence-electron chi connectivity index (χ1n) is 11.9. The molecule has 2 aromatic rings. The van der Waals surface area contributed by atoms with Gasteiger partial charge in [-0.1, -0.05) is 26.3 Å². The monoisotopic (exact) mass is 502 g/mol. The molecular formula is C27H35FN2O6. The van der Waals surface area contributed by atoms with E-state index in [1.54, 1.807) is 6.07 Å². The summed E-state index contributed by atoms with van der Waals surface area (Å²) in [4.78, 5) is 41.1. The van der Waals surface area contributed by atoms with Crippen LogP contribution in [0.4, 0.5) is 4.39 Å². The lowest BCUT2D eigenvalue weighted by Crippen LogP contribution is -2.41. The number of rotatable bonds is 12. The van der Waals surface area contributed by atoms with Crippen molar-refractivity contribution in [1.82, 2.24) is 10.3 Å². The maximum atomic E-state index is 13.6. The highest BCUT2D eigenvalue weighted by molar-refractivity contribution is 5.99. The second kappa shape index (κ2) is 13.1. The summed E-state index contributed by atoms with van der Waals surface area (Å²) in [6.45, 7) is 10.4. The minimum Gasteiger partial charge on any atom is -0.493 e. The molecule has 0 aliphatic heterocycles. The summed E-state index contributed by atoms with van der Waals surface area (Å²) in [5.41, 5.74) is 1.63. The second-order valence-corrected chi connectivity index (χ2v) is 8.87. The Morgan fingerprint density at radius 1 is 1.14 bits per heavy atom. The number of nitrogens with zero attached hydrogens (tertiary/aromatic N) is 1. The molecular weight excluding hydrogens is 467 g/mol. The zero-order valence-electron chi connectivity index (χ0n) is 21.9. The number of halogens is 1. The Kier molecular flexibility index (Phi) is 10.5. The van der Waals surface area contributed by atoms with Gasteiger partial charge in [-0.25, -0.2) is 9.37 Å². The third kappa shape index (κ3) is 7.34. The number of methoxy groups -OCH3 is 1. The van der Waals surface area contributed by atoms with Gasteiger partial charge >= 0.3 is 5.97 Å². The zero-order valence-corrected chi connectivity index (χ0v) is 21.9. The lowest BCUT2D eigenvalue weighted by molar-refractivity contribution is -0.132. The van der Waals surface area contributed by atoms with Crippen molar-refractivity contribution >= 4 is 17.7 Å². The third-order valence-corrected chi connectivity index (χ3v) is 6.22. The summed E-state index contributed by atoms with van der Waals surface area (Å²) in [6, 6.07) is 5.27. The Morgan fingerprint density at radius 3 is 2.42 bits per heavy atom. The molecule has 0 saturated heterocycles. The molecule has 1 N–H and O–H groups in total. The average molecular weight is 503 g/mol. The minimum atomic E-state index is -0.891. The first-order valence-corrected chi connectivity index (χ1v) is 11.9. The molecule has 1 aromatic heterocycles. The number of carbonyl (C=O) groups is 3. The number of aromatic nitrogens is 1. The molecule has 2 rings (SSSR count). The normalized spacial score (nSPS) is 14.3. The van der Waals surface area contributed by atoms with E-state index in [9.17, 15) is 18.8 Å². The van der Waals surface area contributed by atoms with Gasteiger partial charge in [-0.2, -0.15) is 0 Å². The van der Waals surface area contributed by atoms with E-state index in [2.05, 4.69) is 24.1 Å². The van der Waals surface area contributed by atoms with Crippen LogP contribution >= 0.6 is 0 Å². The Balaban J connectivity index is 2.10. The van der Waals surface area contributed by atoms with Gasteiger partial charge in [0.15, 0.2) is 17.2 Å². The molecule has 36 heavy (non-hydrogen) atoms. The van der Waals surface area contributed by atoms with Gasteiger partial charge in [-0.15, -0.1) is 0 Å². The van der Waals surface area contributed by atoms with Crippen LogP contribution in [0.1, 0.15) is 68.6 Å². The van der Waals surface area contributed by atoms with Gasteiger partial charge in [0, 0.05) is 25.1 Å². The molecule has 8 nitrogen and oxygen atoms in total. The first kappa shape index (κ1) is 28.9. The highest BCUT2D eigenvalue weighted by Crippen LogP contribution is 2.34. The molecule has 0 spiro atoms. The van der Waals surface area contributed by atoms with E-state index >= 15 is 0 Å². The maximum Gasteiger partial charge on any atom is 0.308 e. The summed E-state index contributed by atoms with van der Waals surface area (Å²) in [5.74, 6) is -1.75. The summed E-state index contributed by atoms with van der Waals surface area (Å²) < 4.78 is 29.9. The molecule has 9 heteroatoms. The Morgan fingerprint density at radius 2 is 1.83 bits per heavy atom. The molecule has 0 radical (unpaired) electrons. The largest absolute Gasteiger partial charge is 0.493 e. The fraction of sp³-hybridized carbons (Fsp3) is 0.481. The number of nitrogens with one attached hydrogen (secondary N) is 1. The number of carbonyl (C=O) groups excluding carboxylic acids is 3. The van der Waals surface area contributed by atoms with E-state index < -0.39 is 17.9 Å². The quantitative estimate of drug-likeness (QED) is 0.430.